The van der Waals surface area contributed by atoms with Crippen molar-refractivity contribution in [3.8, 4) is 16.9 Å². The predicted molar refractivity (Wildman–Crippen MR) is 154 cm³/mol. The number of rotatable bonds is 10. The lowest BCUT2D eigenvalue weighted by Crippen LogP contribution is -2.54. The van der Waals surface area contributed by atoms with Crippen molar-refractivity contribution in [3.05, 3.63) is 53.3 Å². The Bertz CT molecular complexity index is 1240. The minimum atomic E-state index is -0.680. The molecule has 3 amide bonds. The van der Waals surface area contributed by atoms with Crippen LogP contribution in [0.25, 0.3) is 11.1 Å². The molecule has 2 N–H and O–H groups in total. The zero-order valence-electron chi connectivity index (χ0n) is 24.9. The highest BCUT2D eigenvalue weighted by atomic mass is 19.1. The smallest absolute Gasteiger partial charge is 0.410 e. The van der Waals surface area contributed by atoms with Gasteiger partial charge in [0.25, 0.3) is 5.91 Å². The Morgan fingerprint density at radius 3 is 2.41 bits per heavy atom. The molecule has 0 saturated carbocycles. The van der Waals surface area contributed by atoms with Gasteiger partial charge in [0.05, 0.1) is 12.6 Å². The molecule has 0 radical (unpaired) electrons. The Hall–Kier alpha value is -3.66. The highest BCUT2D eigenvalue weighted by Gasteiger charge is 2.34. The van der Waals surface area contributed by atoms with Gasteiger partial charge >= 0.3 is 6.09 Å². The maximum Gasteiger partial charge on any atom is 0.410 e. The van der Waals surface area contributed by atoms with Crippen molar-refractivity contribution >= 4 is 17.9 Å². The third-order valence-electron chi connectivity index (χ3n) is 6.75. The van der Waals surface area contributed by atoms with Gasteiger partial charge in [0.1, 0.15) is 17.2 Å². The molecule has 0 unspecified atom stereocenters. The molecule has 1 saturated heterocycles. The van der Waals surface area contributed by atoms with Crippen molar-refractivity contribution in [1.82, 2.24) is 9.80 Å². The fraction of sp³-hybridized carbons (Fsp3) is 0.516. The fourth-order valence-electron chi connectivity index (χ4n) is 4.91. The lowest BCUT2D eigenvalue weighted by Gasteiger charge is -2.41. The summed E-state index contributed by atoms with van der Waals surface area (Å²) in [7, 11) is 1.59. The van der Waals surface area contributed by atoms with Gasteiger partial charge < -0.3 is 29.7 Å². The molecule has 9 nitrogen and oxygen atoms in total. The largest absolute Gasteiger partial charge is 0.493 e. The number of halogens is 1. The van der Waals surface area contributed by atoms with E-state index in [9.17, 15) is 18.8 Å². The van der Waals surface area contributed by atoms with Crippen molar-refractivity contribution < 1.29 is 33.0 Å². The predicted octanol–water partition coefficient (Wildman–Crippen LogP) is 5.26. The molecule has 0 aromatic heterocycles. The van der Waals surface area contributed by atoms with Gasteiger partial charge in [0.2, 0.25) is 5.91 Å². The summed E-state index contributed by atoms with van der Waals surface area (Å²) in [6.07, 6.45) is 1.67. The van der Waals surface area contributed by atoms with Gasteiger partial charge in [0, 0.05) is 61.5 Å². The molecule has 0 spiro atoms. The number of primary amides is 1. The molecule has 2 aromatic rings. The molecule has 0 aliphatic carbocycles. The number of hydrogen-bond acceptors (Lipinski definition) is 6. The van der Waals surface area contributed by atoms with Crippen LogP contribution in [-0.4, -0.2) is 78.8 Å². The van der Waals surface area contributed by atoms with Gasteiger partial charge in [-0.15, -0.1) is 0 Å². The van der Waals surface area contributed by atoms with E-state index in [4.69, 9.17) is 19.9 Å². The summed E-state index contributed by atoms with van der Waals surface area (Å²) in [5.41, 5.74) is 5.87. The quantitative estimate of drug-likeness (QED) is 0.390. The zero-order valence-corrected chi connectivity index (χ0v) is 24.9. The van der Waals surface area contributed by atoms with Crippen molar-refractivity contribution in [2.24, 2.45) is 5.73 Å². The number of nitrogens with two attached hydrogens (primary N) is 1. The highest BCUT2D eigenvalue weighted by Crippen LogP contribution is 2.35. The third-order valence-corrected chi connectivity index (χ3v) is 6.75. The van der Waals surface area contributed by atoms with Crippen molar-refractivity contribution in [1.29, 1.82) is 0 Å². The highest BCUT2D eigenvalue weighted by molar-refractivity contribution is 5.97. The Kier molecular flexibility index (Phi) is 10.7. The molecular weight excluding hydrogens is 529 g/mol. The summed E-state index contributed by atoms with van der Waals surface area (Å²) in [6, 6.07) is 8.37. The minimum Gasteiger partial charge on any atom is -0.493 e. The van der Waals surface area contributed by atoms with Crippen molar-refractivity contribution in [3.63, 3.8) is 0 Å². The fourth-order valence-corrected chi connectivity index (χ4v) is 4.91. The lowest BCUT2D eigenvalue weighted by molar-refractivity contribution is 0.00752. The van der Waals surface area contributed by atoms with Gasteiger partial charge in [-0.3, -0.25) is 9.59 Å². The summed E-state index contributed by atoms with van der Waals surface area (Å²) in [6.45, 7) is 11.0. The summed E-state index contributed by atoms with van der Waals surface area (Å²) in [4.78, 5) is 41.9. The number of nitrogens with zero attached hydrogens (tertiary/aromatic N) is 2. The molecule has 0 bridgehead atoms. The molecule has 3 rings (SSSR count). The van der Waals surface area contributed by atoms with Crippen LogP contribution in [-0.2, 0) is 9.47 Å². The van der Waals surface area contributed by atoms with Gasteiger partial charge in [-0.2, -0.15) is 0 Å². The Labute approximate surface area is 241 Å². The summed E-state index contributed by atoms with van der Waals surface area (Å²) in [5.74, 6) is -1.16. The Balaban J connectivity index is 1.95. The second-order valence-electron chi connectivity index (χ2n) is 11.5. The SMILES string of the molecule is COCCCOc1cc(C(=O)N(C(C)C)[C@@H]2CCCN(C(=O)OC(C)(C)C)C2)ccc1-c1cc(C(N)=O)ccc1F. The van der Waals surface area contributed by atoms with Crippen LogP contribution in [0.3, 0.4) is 0 Å². The molecule has 224 valence electrons. The molecule has 10 heteroatoms. The van der Waals surface area contributed by atoms with Gasteiger partial charge in [0.15, 0.2) is 0 Å². The number of likely N-dealkylation sites (tertiary alicyclic amines) is 1. The van der Waals surface area contributed by atoms with E-state index in [1.165, 1.54) is 18.2 Å². The molecule has 41 heavy (non-hydrogen) atoms. The minimum absolute atomic E-state index is 0.142. The number of benzene rings is 2. The zero-order chi connectivity index (χ0) is 30.3. The van der Waals surface area contributed by atoms with E-state index in [2.05, 4.69) is 0 Å². The second kappa shape index (κ2) is 13.8. The number of hydrogen-bond donors (Lipinski definition) is 1. The topological polar surface area (TPSA) is 111 Å². The number of methoxy groups -OCH3 is 1. The molecule has 1 fully saturated rings. The van der Waals surface area contributed by atoms with Crippen molar-refractivity contribution in [2.75, 3.05) is 33.4 Å². The molecule has 1 aliphatic heterocycles. The second-order valence-corrected chi connectivity index (χ2v) is 11.5. The van der Waals surface area contributed by atoms with Crippen LogP contribution in [0, 0.1) is 5.82 Å². The normalized spacial score (nSPS) is 15.5. The van der Waals surface area contributed by atoms with Gasteiger partial charge in [-0.1, -0.05) is 0 Å². The van der Waals surface area contributed by atoms with Gasteiger partial charge in [-0.05, 0) is 83.9 Å². The Morgan fingerprint density at radius 1 is 1.07 bits per heavy atom. The Morgan fingerprint density at radius 2 is 1.78 bits per heavy atom. The van der Waals surface area contributed by atoms with E-state index in [1.54, 1.807) is 35.1 Å². The number of piperidine rings is 1. The van der Waals surface area contributed by atoms with E-state index in [-0.39, 0.29) is 35.7 Å². The van der Waals surface area contributed by atoms with Crippen LogP contribution in [0.1, 0.15) is 74.6 Å². The lowest BCUT2D eigenvalue weighted by atomic mass is 9.98. The van der Waals surface area contributed by atoms with Crippen molar-refractivity contribution in [2.45, 2.75) is 71.6 Å². The maximum absolute atomic E-state index is 14.9. The average molecular weight is 572 g/mol. The van der Waals surface area contributed by atoms with E-state index < -0.39 is 23.4 Å². The third kappa shape index (κ3) is 8.42. The molecule has 2 aromatic carbocycles. The molecule has 1 atom stereocenters. The molecule has 1 heterocycles. The maximum atomic E-state index is 14.9. The van der Waals surface area contributed by atoms with Gasteiger partial charge in [-0.25, -0.2) is 9.18 Å². The van der Waals surface area contributed by atoms with Crippen LogP contribution in [0.15, 0.2) is 36.4 Å². The first-order valence-corrected chi connectivity index (χ1v) is 14.0. The standard InChI is InChI=1S/C31H42FN3O6/c1-20(2)35(23-9-7-14-34(19-23)30(38)41-31(3,4)5)29(37)22-10-12-24(27(18-22)40-16-8-15-39-6)25-17-21(28(33)36)11-13-26(25)32/h10-13,17-18,20,23H,7-9,14-16,19H2,1-6H3,(H2,33,36)/t23-/m1/s1. The first-order valence-electron chi connectivity index (χ1n) is 14.0. The number of ether oxygens (including phenoxy) is 3. The average Bonchev–Trinajstić information content (AvgIpc) is 2.90. The van der Waals surface area contributed by atoms with Crippen LogP contribution in [0.4, 0.5) is 9.18 Å². The monoisotopic (exact) mass is 571 g/mol. The van der Waals surface area contributed by atoms with E-state index >= 15 is 0 Å². The van der Waals surface area contributed by atoms with Crippen LogP contribution >= 0.6 is 0 Å². The summed E-state index contributed by atoms with van der Waals surface area (Å²) >= 11 is 0. The van der Waals surface area contributed by atoms with Crippen LogP contribution in [0.2, 0.25) is 0 Å². The number of carbonyl (C=O) groups is 3. The summed E-state index contributed by atoms with van der Waals surface area (Å²) < 4.78 is 31.6. The first-order chi connectivity index (χ1) is 19.3. The molecular formula is C31H42FN3O6. The summed E-state index contributed by atoms with van der Waals surface area (Å²) in [5, 5.41) is 0. The molecule has 1 aliphatic rings. The van der Waals surface area contributed by atoms with Crippen LogP contribution in [0.5, 0.6) is 5.75 Å². The van der Waals surface area contributed by atoms with E-state index in [0.717, 1.165) is 12.8 Å². The number of amides is 3. The van der Waals surface area contributed by atoms with Crippen LogP contribution < -0.4 is 10.5 Å². The first kappa shape index (κ1) is 31.9. The van der Waals surface area contributed by atoms with E-state index in [0.29, 0.717) is 43.0 Å². The van der Waals surface area contributed by atoms with E-state index in [1.807, 2.05) is 34.6 Å². The number of carbonyl (C=O) groups excluding carboxylic acids is 3.